The van der Waals surface area contributed by atoms with Crippen LogP contribution in [0.3, 0.4) is 0 Å². The molecule has 0 heterocycles. The van der Waals surface area contributed by atoms with Gasteiger partial charge in [0.2, 0.25) is 0 Å². The first kappa shape index (κ1) is 19.5. The number of nitrogens with zero attached hydrogens (tertiary/aromatic N) is 1. The van der Waals surface area contributed by atoms with E-state index in [0.29, 0.717) is 6.54 Å². The quantitative estimate of drug-likeness (QED) is 0.734. The van der Waals surface area contributed by atoms with Gasteiger partial charge in [0.05, 0.1) is 0 Å². The molecule has 1 aromatic carbocycles. The Bertz CT molecular complexity index is 872. The van der Waals surface area contributed by atoms with Crippen molar-refractivity contribution >= 4 is 21.7 Å². The largest absolute Gasteiger partial charge is 0.333 e. The lowest BCUT2D eigenvalue weighted by Gasteiger charge is -2.16. The predicted molar refractivity (Wildman–Crippen MR) is 111 cm³/mol. The van der Waals surface area contributed by atoms with Gasteiger partial charge >= 0.3 is 6.03 Å². The average molecular weight is 404 g/mol. The molecule has 28 heavy (non-hydrogen) atoms. The number of nitrogens with one attached hydrogen (secondary N) is 2. The van der Waals surface area contributed by atoms with Crippen LogP contribution in [0, 0.1) is 5.92 Å². The Balaban J connectivity index is 1.39. The summed E-state index contributed by atoms with van der Waals surface area (Å²) in [5.74, 6) is 0.758. The fourth-order valence-corrected chi connectivity index (χ4v) is 5.15. The van der Waals surface area contributed by atoms with Crippen molar-refractivity contribution in [2.75, 3.05) is 25.5 Å². The summed E-state index contributed by atoms with van der Waals surface area (Å²) in [6, 6.07) is 1.61. The van der Waals surface area contributed by atoms with Crippen molar-refractivity contribution in [3.63, 3.8) is 0 Å². The third-order valence-corrected chi connectivity index (χ3v) is 6.93. The minimum absolute atomic E-state index is 0.554. The Morgan fingerprint density at radius 3 is 2.39 bits per heavy atom. The Kier molecular flexibility index (Phi) is 5.47. The van der Waals surface area contributed by atoms with Crippen LogP contribution in [0.1, 0.15) is 47.9 Å². The van der Waals surface area contributed by atoms with E-state index >= 15 is 0 Å². The molecule has 0 atom stereocenters. The highest BCUT2D eigenvalue weighted by atomic mass is 32.2. The number of rotatable bonds is 7. The van der Waals surface area contributed by atoms with Crippen molar-refractivity contribution in [2.24, 2.45) is 5.92 Å². The Morgan fingerprint density at radius 1 is 1.14 bits per heavy atom. The van der Waals surface area contributed by atoms with Crippen LogP contribution in [0.15, 0.2) is 17.6 Å². The zero-order valence-electron chi connectivity index (χ0n) is 16.5. The van der Waals surface area contributed by atoms with Crippen LogP contribution in [0.5, 0.6) is 0 Å². The van der Waals surface area contributed by atoms with Crippen molar-refractivity contribution in [1.82, 2.24) is 9.62 Å². The topological polar surface area (TPSA) is 78.5 Å². The fourth-order valence-electron chi connectivity index (χ4n) is 4.43. The van der Waals surface area contributed by atoms with Crippen LogP contribution >= 0.6 is 0 Å². The molecule has 2 N–H and O–H groups in total. The standard InChI is InChI=1S/C21H29N3O3S/c1-24(14-15-9-10-15)11-4-12-28(26,27)23-21(25)22-20-18-7-2-5-16(18)13-17-6-3-8-19(17)20/h4,12-13,15H,2-3,5-11,14H2,1H3,(H2,22,23,25)/b12-4+. The molecule has 0 saturated heterocycles. The van der Waals surface area contributed by atoms with Crippen molar-refractivity contribution in [3.8, 4) is 0 Å². The highest BCUT2D eigenvalue weighted by Gasteiger charge is 2.26. The third kappa shape index (κ3) is 4.58. The molecular formula is C21H29N3O3S. The van der Waals surface area contributed by atoms with Crippen molar-refractivity contribution < 1.29 is 13.2 Å². The van der Waals surface area contributed by atoms with E-state index in [1.807, 2.05) is 7.05 Å². The molecule has 152 valence electrons. The van der Waals surface area contributed by atoms with Crippen LogP contribution in [0.4, 0.5) is 10.5 Å². The monoisotopic (exact) mass is 403 g/mol. The van der Waals surface area contributed by atoms with Crippen LogP contribution in [-0.4, -0.2) is 39.5 Å². The van der Waals surface area contributed by atoms with E-state index in [0.717, 1.165) is 62.1 Å². The number of hydrogen-bond donors (Lipinski definition) is 2. The Labute approximate surface area is 167 Å². The van der Waals surface area contributed by atoms with Gasteiger partial charge in [-0.1, -0.05) is 12.1 Å². The van der Waals surface area contributed by atoms with Gasteiger partial charge in [-0.05, 0) is 86.6 Å². The molecule has 2 amide bonds. The van der Waals surface area contributed by atoms with Crippen LogP contribution in [-0.2, 0) is 35.7 Å². The lowest BCUT2D eigenvalue weighted by atomic mass is 9.99. The second-order valence-corrected chi connectivity index (χ2v) is 9.94. The smallest absolute Gasteiger partial charge is 0.307 e. The van der Waals surface area contributed by atoms with Gasteiger partial charge in [-0.15, -0.1) is 0 Å². The highest BCUT2D eigenvalue weighted by Crippen LogP contribution is 2.38. The number of amides is 2. The summed E-state index contributed by atoms with van der Waals surface area (Å²) < 4.78 is 26.6. The first-order valence-corrected chi connectivity index (χ1v) is 11.8. The maximum atomic E-state index is 12.4. The molecule has 1 aromatic rings. The molecule has 1 saturated carbocycles. The lowest BCUT2D eigenvalue weighted by molar-refractivity contribution is 0.256. The van der Waals surface area contributed by atoms with Crippen LogP contribution in [0.2, 0.25) is 0 Å². The summed E-state index contributed by atoms with van der Waals surface area (Å²) in [5.41, 5.74) is 5.83. The Hall–Kier alpha value is -1.86. The summed E-state index contributed by atoms with van der Waals surface area (Å²) in [5, 5.41) is 3.95. The fraction of sp³-hybridized carbons (Fsp3) is 0.571. The number of anilines is 1. The van der Waals surface area contributed by atoms with E-state index in [9.17, 15) is 13.2 Å². The molecule has 0 bridgehead atoms. The van der Waals surface area contributed by atoms with E-state index in [-0.39, 0.29) is 0 Å². The number of carbonyl (C=O) groups excluding carboxylic acids is 1. The molecule has 3 aliphatic carbocycles. The van der Waals surface area contributed by atoms with Gasteiger partial charge in [0, 0.05) is 24.2 Å². The molecule has 0 spiro atoms. The van der Waals surface area contributed by atoms with E-state index in [4.69, 9.17) is 0 Å². The summed E-state index contributed by atoms with van der Waals surface area (Å²) in [6.07, 6.45) is 10.3. The molecule has 4 rings (SSSR count). The molecule has 0 radical (unpaired) electrons. The van der Waals surface area contributed by atoms with Crippen molar-refractivity contribution in [1.29, 1.82) is 0 Å². The van der Waals surface area contributed by atoms with E-state index in [2.05, 4.69) is 21.0 Å². The number of urea groups is 1. The molecule has 7 heteroatoms. The van der Waals surface area contributed by atoms with E-state index in [1.165, 1.54) is 35.1 Å². The molecule has 0 aromatic heterocycles. The molecule has 3 aliphatic rings. The first-order valence-electron chi connectivity index (χ1n) is 10.3. The summed E-state index contributed by atoms with van der Waals surface area (Å²) in [4.78, 5) is 14.5. The second kappa shape index (κ2) is 7.87. The molecule has 1 fully saturated rings. The van der Waals surface area contributed by atoms with Crippen LogP contribution < -0.4 is 10.0 Å². The minimum Gasteiger partial charge on any atom is -0.307 e. The van der Waals surface area contributed by atoms with Crippen molar-refractivity contribution in [2.45, 2.75) is 51.4 Å². The maximum Gasteiger partial charge on any atom is 0.333 e. The maximum absolute atomic E-state index is 12.4. The van der Waals surface area contributed by atoms with Crippen molar-refractivity contribution in [3.05, 3.63) is 39.8 Å². The SMILES string of the molecule is CN(C/C=C/S(=O)(=O)NC(=O)Nc1c2c(cc3c1CCC3)CCC2)CC1CC1. The summed E-state index contributed by atoms with van der Waals surface area (Å²) >= 11 is 0. The summed E-state index contributed by atoms with van der Waals surface area (Å²) in [6.45, 7) is 1.54. The number of likely N-dealkylation sites (N-methyl/N-ethyl adjacent to an activating group) is 1. The van der Waals surface area contributed by atoms with E-state index in [1.54, 1.807) is 6.08 Å². The second-order valence-electron chi connectivity index (χ2n) is 8.37. The zero-order chi connectivity index (χ0) is 19.7. The normalized spacial score (nSPS) is 18.5. The van der Waals surface area contributed by atoms with Gasteiger partial charge in [0.15, 0.2) is 0 Å². The molecule has 0 aliphatic heterocycles. The summed E-state index contributed by atoms with van der Waals surface area (Å²) in [7, 11) is -1.83. The first-order chi connectivity index (χ1) is 13.4. The number of aryl methyl sites for hydroxylation is 2. The molecule has 0 unspecified atom stereocenters. The zero-order valence-corrected chi connectivity index (χ0v) is 17.3. The van der Waals surface area contributed by atoms with E-state index < -0.39 is 16.1 Å². The lowest BCUT2D eigenvalue weighted by Crippen LogP contribution is -2.33. The molecular weight excluding hydrogens is 374 g/mol. The minimum atomic E-state index is -3.81. The third-order valence-electron chi connectivity index (χ3n) is 5.91. The predicted octanol–water partition coefficient (Wildman–Crippen LogP) is 2.97. The van der Waals surface area contributed by atoms with Gasteiger partial charge in [0.25, 0.3) is 10.0 Å². The van der Waals surface area contributed by atoms with Gasteiger partial charge in [-0.25, -0.2) is 17.9 Å². The van der Waals surface area contributed by atoms with Gasteiger partial charge in [-0.3, -0.25) is 0 Å². The van der Waals surface area contributed by atoms with Gasteiger partial charge in [0.1, 0.15) is 0 Å². The number of fused-ring (bicyclic) bond motifs is 2. The Morgan fingerprint density at radius 2 is 1.79 bits per heavy atom. The number of carbonyl (C=O) groups is 1. The van der Waals surface area contributed by atoms with Crippen LogP contribution in [0.25, 0.3) is 0 Å². The average Bonchev–Trinajstić information content (AvgIpc) is 3.11. The number of benzene rings is 1. The number of sulfonamides is 1. The van der Waals surface area contributed by atoms with Gasteiger partial charge in [-0.2, -0.15) is 0 Å². The molecule has 6 nitrogen and oxygen atoms in total. The highest BCUT2D eigenvalue weighted by molar-refractivity contribution is 7.92. The van der Waals surface area contributed by atoms with Gasteiger partial charge < -0.3 is 10.2 Å². The number of hydrogen-bond acceptors (Lipinski definition) is 4.